The Morgan fingerprint density at radius 2 is 2.47 bits per heavy atom. The summed E-state index contributed by atoms with van der Waals surface area (Å²) in [5.41, 5.74) is 1.11. The largest absolute Gasteiger partial charge is 0.316 e. The smallest absolute Gasteiger partial charge is 0.225 e. The van der Waals surface area contributed by atoms with Gasteiger partial charge in [0.15, 0.2) is 0 Å². The third-order valence-corrected chi connectivity index (χ3v) is 3.83. The first kappa shape index (κ1) is 14.0. The Kier molecular flexibility index (Phi) is 4.91. The Morgan fingerprint density at radius 1 is 1.63 bits per heavy atom. The number of anilines is 1. The maximum atomic E-state index is 12.0. The molecule has 1 aromatic rings. The van der Waals surface area contributed by atoms with Gasteiger partial charge in [0.1, 0.15) is 5.82 Å². The molecule has 0 saturated carbocycles. The highest BCUT2D eigenvalue weighted by Gasteiger charge is 2.22. The molecule has 2 unspecified atom stereocenters. The number of piperidine rings is 1. The first-order valence-corrected chi connectivity index (χ1v) is 7.08. The second-order valence-electron chi connectivity index (χ2n) is 5.55. The molecule has 1 saturated heterocycles. The summed E-state index contributed by atoms with van der Waals surface area (Å²) < 4.78 is 0. The molecule has 0 aliphatic carbocycles. The van der Waals surface area contributed by atoms with Crippen molar-refractivity contribution in [3.05, 3.63) is 23.9 Å². The van der Waals surface area contributed by atoms with Crippen LogP contribution in [0.1, 0.15) is 31.7 Å². The van der Waals surface area contributed by atoms with E-state index in [-0.39, 0.29) is 5.91 Å². The molecule has 2 N–H and O–H groups in total. The van der Waals surface area contributed by atoms with Gasteiger partial charge < -0.3 is 10.6 Å². The van der Waals surface area contributed by atoms with Gasteiger partial charge >= 0.3 is 0 Å². The number of aryl methyl sites for hydroxylation is 1. The number of rotatable bonds is 4. The molecule has 1 fully saturated rings. The standard InChI is InChI=1S/C15H23N3O/c1-11-5-7-17-14(8-11)18-15(19)9-12(2)13-4-3-6-16-10-13/h5,7-8,12-13,16H,3-4,6,9-10H2,1-2H3,(H,17,18,19). The van der Waals surface area contributed by atoms with E-state index in [1.54, 1.807) is 6.20 Å². The molecule has 1 aliphatic rings. The van der Waals surface area contributed by atoms with Crippen molar-refractivity contribution < 1.29 is 4.79 Å². The van der Waals surface area contributed by atoms with E-state index in [0.29, 0.717) is 24.1 Å². The molecule has 0 bridgehead atoms. The lowest BCUT2D eigenvalue weighted by Gasteiger charge is -2.27. The number of hydrogen-bond acceptors (Lipinski definition) is 3. The summed E-state index contributed by atoms with van der Waals surface area (Å²) >= 11 is 0. The van der Waals surface area contributed by atoms with Gasteiger partial charge in [0.2, 0.25) is 5.91 Å². The molecule has 4 nitrogen and oxygen atoms in total. The van der Waals surface area contributed by atoms with Crippen molar-refractivity contribution in [2.45, 2.75) is 33.1 Å². The predicted molar refractivity (Wildman–Crippen MR) is 77.0 cm³/mol. The maximum Gasteiger partial charge on any atom is 0.225 e. The normalized spacial score (nSPS) is 20.8. The Morgan fingerprint density at radius 3 is 3.16 bits per heavy atom. The van der Waals surface area contributed by atoms with Gasteiger partial charge in [-0.15, -0.1) is 0 Å². The van der Waals surface area contributed by atoms with Gasteiger partial charge in [-0.05, 0) is 62.4 Å². The zero-order valence-electron chi connectivity index (χ0n) is 11.8. The van der Waals surface area contributed by atoms with Gasteiger partial charge in [-0.3, -0.25) is 4.79 Å². The highest BCUT2D eigenvalue weighted by molar-refractivity contribution is 5.89. The van der Waals surface area contributed by atoms with Crippen molar-refractivity contribution in [1.82, 2.24) is 10.3 Å². The van der Waals surface area contributed by atoms with E-state index < -0.39 is 0 Å². The minimum Gasteiger partial charge on any atom is -0.316 e. The van der Waals surface area contributed by atoms with Crippen molar-refractivity contribution in [3.8, 4) is 0 Å². The second kappa shape index (κ2) is 6.66. The molecule has 1 aromatic heterocycles. The van der Waals surface area contributed by atoms with Crippen LogP contribution in [0.5, 0.6) is 0 Å². The number of amides is 1. The maximum absolute atomic E-state index is 12.0. The van der Waals surface area contributed by atoms with Crippen molar-refractivity contribution in [3.63, 3.8) is 0 Å². The lowest BCUT2D eigenvalue weighted by molar-refractivity contribution is -0.117. The van der Waals surface area contributed by atoms with Crippen LogP contribution in [0, 0.1) is 18.8 Å². The molecule has 4 heteroatoms. The van der Waals surface area contributed by atoms with E-state index in [1.807, 2.05) is 19.1 Å². The van der Waals surface area contributed by atoms with E-state index in [2.05, 4.69) is 22.5 Å². The molecule has 104 valence electrons. The van der Waals surface area contributed by atoms with Crippen LogP contribution >= 0.6 is 0 Å². The molecule has 0 radical (unpaired) electrons. The third-order valence-electron chi connectivity index (χ3n) is 3.83. The summed E-state index contributed by atoms with van der Waals surface area (Å²) in [6.45, 7) is 6.31. The summed E-state index contributed by atoms with van der Waals surface area (Å²) in [7, 11) is 0. The molecule has 2 heterocycles. The average molecular weight is 261 g/mol. The fourth-order valence-electron chi connectivity index (χ4n) is 2.62. The van der Waals surface area contributed by atoms with Crippen molar-refractivity contribution in [2.75, 3.05) is 18.4 Å². The summed E-state index contributed by atoms with van der Waals surface area (Å²) in [6, 6.07) is 3.82. The number of hydrogen-bond donors (Lipinski definition) is 2. The summed E-state index contributed by atoms with van der Waals surface area (Å²) in [4.78, 5) is 16.2. The Bertz CT molecular complexity index is 427. The molecule has 19 heavy (non-hydrogen) atoms. The van der Waals surface area contributed by atoms with Crippen LogP contribution < -0.4 is 10.6 Å². The highest BCUT2D eigenvalue weighted by atomic mass is 16.1. The fraction of sp³-hybridized carbons (Fsp3) is 0.600. The number of carbonyl (C=O) groups is 1. The van der Waals surface area contributed by atoms with E-state index in [0.717, 1.165) is 18.7 Å². The number of aromatic nitrogens is 1. The molecule has 1 amide bonds. The van der Waals surface area contributed by atoms with Crippen molar-refractivity contribution in [1.29, 1.82) is 0 Å². The predicted octanol–water partition coefficient (Wildman–Crippen LogP) is 2.35. The summed E-state index contributed by atoms with van der Waals surface area (Å²) in [5, 5.41) is 6.28. The molecular formula is C15H23N3O. The fourth-order valence-corrected chi connectivity index (χ4v) is 2.62. The summed E-state index contributed by atoms with van der Waals surface area (Å²) in [5.74, 6) is 1.75. The van der Waals surface area contributed by atoms with Gasteiger partial charge in [0.05, 0.1) is 0 Å². The minimum absolute atomic E-state index is 0.0659. The highest BCUT2D eigenvalue weighted by Crippen LogP contribution is 2.22. The summed E-state index contributed by atoms with van der Waals surface area (Å²) in [6.07, 6.45) is 4.74. The number of pyridine rings is 1. The Balaban J connectivity index is 1.83. The van der Waals surface area contributed by atoms with Crippen LogP contribution in [0.2, 0.25) is 0 Å². The SMILES string of the molecule is Cc1ccnc(NC(=O)CC(C)C2CCCNC2)c1. The van der Waals surface area contributed by atoms with Gasteiger partial charge in [0, 0.05) is 12.6 Å². The first-order valence-electron chi connectivity index (χ1n) is 7.08. The van der Waals surface area contributed by atoms with Gasteiger partial charge in [0.25, 0.3) is 0 Å². The molecule has 0 aromatic carbocycles. The van der Waals surface area contributed by atoms with Crippen LogP contribution in [-0.2, 0) is 4.79 Å². The van der Waals surface area contributed by atoms with Crippen LogP contribution in [0.4, 0.5) is 5.82 Å². The Hall–Kier alpha value is -1.42. The van der Waals surface area contributed by atoms with E-state index in [4.69, 9.17) is 0 Å². The van der Waals surface area contributed by atoms with Crippen LogP contribution in [0.15, 0.2) is 18.3 Å². The van der Waals surface area contributed by atoms with Crippen LogP contribution in [-0.4, -0.2) is 24.0 Å². The molecule has 1 aliphatic heterocycles. The zero-order valence-corrected chi connectivity index (χ0v) is 11.8. The van der Waals surface area contributed by atoms with E-state index >= 15 is 0 Å². The number of nitrogens with zero attached hydrogens (tertiary/aromatic N) is 1. The van der Waals surface area contributed by atoms with Gasteiger partial charge in [-0.25, -0.2) is 4.98 Å². The second-order valence-corrected chi connectivity index (χ2v) is 5.55. The average Bonchev–Trinajstić information content (AvgIpc) is 2.39. The number of nitrogens with one attached hydrogen (secondary N) is 2. The monoisotopic (exact) mass is 261 g/mol. The van der Waals surface area contributed by atoms with E-state index in [1.165, 1.54) is 12.8 Å². The minimum atomic E-state index is 0.0659. The van der Waals surface area contributed by atoms with Crippen LogP contribution in [0.25, 0.3) is 0 Å². The van der Waals surface area contributed by atoms with Crippen molar-refractivity contribution in [2.24, 2.45) is 11.8 Å². The third kappa shape index (κ3) is 4.31. The number of carbonyl (C=O) groups excluding carboxylic acids is 1. The quantitative estimate of drug-likeness (QED) is 0.874. The lowest BCUT2D eigenvalue weighted by Crippen LogP contribution is -2.34. The Labute approximate surface area is 115 Å². The van der Waals surface area contributed by atoms with Gasteiger partial charge in [-0.2, -0.15) is 0 Å². The molecular weight excluding hydrogens is 238 g/mol. The first-order chi connectivity index (χ1) is 9.15. The van der Waals surface area contributed by atoms with Crippen molar-refractivity contribution >= 4 is 11.7 Å². The van der Waals surface area contributed by atoms with E-state index in [9.17, 15) is 4.79 Å². The zero-order chi connectivity index (χ0) is 13.7. The van der Waals surface area contributed by atoms with Crippen LogP contribution in [0.3, 0.4) is 0 Å². The van der Waals surface area contributed by atoms with Gasteiger partial charge in [-0.1, -0.05) is 6.92 Å². The molecule has 2 rings (SSSR count). The molecule has 0 spiro atoms. The topological polar surface area (TPSA) is 54.0 Å². The molecule has 2 atom stereocenters. The lowest BCUT2D eigenvalue weighted by atomic mass is 9.85.